The molecule has 1 aromatic heterocycles. The van der Waals surface area contributed by atoms with E-state index in [0.717, 1.165) is 0 Å². The van der Waals surface area contributed by atoms with Gasteiger partial charge in [0.25, 0.3) is 5.56 Å². The van der Waals surface area contributed by atoms with Gasteiger partial charge in [-0.2, -0.15) is 5.26 Å². The average Bonchev–Trinajstić information content (AvgIpc) is 2.85. The number of aromatic nitrogens is 1. The number of Topliss-reactive ketones (excluding diaryl/α,β-unsaturated/α-hetero) is 1. The normalized spacial score (nSPS) is 11.5. The highest BCUT2D eigenvalue weighted by molar-refractivity contribution is 6.31. The fraction of sp³-hybridized carbons (Fsp3) is 0.231. The zero-order chi connectivity index (χ0) is 25.5. The largest absolute Gasteiger partial charge is 0.495 e. The number of nitriles is 1. The highest BCUT2D eigenvalue weighted by atomic mass is 35.5. The summed E-state index contributed by atoms with van der Waals surface area (Å²) in [6, 6.07) is 13.3. The lowest BCUT2D eigenvalue weighted by molar-refractivity contribution is -0.122. The number of carbonyl (C=O) groups is 2. The maximum Gasteiger partial charge on any atom is 0.335 e. The number of nitrogens with zero attached hydrogens (tertiary/aromatic N) is 2. The van der Waals surface area contributed by atoms with E-state index in [1.54, 1.807) is 30.3 Å². The van der Waals surface area contributed by atoms with Crippen molar-refractivity contribution in [1.29, 1.82) is 5.26 Å². The number of aromatic carboxylic acids is 1. The van der Waals surface area contributed by atoms with Gasteiger partial charge in [0.1, 0.15) is 5.75 Å². The van der Waals surface area contributed by atoms with Gasteiger partial charge in [-0.05, 0) is 42.3 Å². The average molecular weight is 495 g/mol. The van der Waals surface area contributed by atoms with Crippen molar-refractivity contribution in [2.24, 2.45) is 0 Å². The van der Waals surface area contributed by atoms with Crippen LogP contribution in [0, 0.1) is 11.3 Å². The van der Waals surface area contributed by atoms with Gasteiger partial charge in [-0.1, -0.05) is 23.7 Å². The summed E-state index contributed by atoms with van der Waals surface area (Å²) in [6.45, 7) is 0.234. The number of hydrogen-bond acceptors (Lipinski definition) is 6. The quantitative estimate of drug-likeness (QED) is 0.450. The molecular weight excluding hydrogens is 472 g/mol. The fourth-order valence-electron chi connectivity index (χ4n) is 3.75. The molecule has 3 aromatic rings. The Hall–Kier alpha value is -3.93. The van der Waals surface area contributed by atoms with Crippen LogP contribution in [0.5, 0.6) is 5.75 Å². The van der Waals surface area contributed by atoms with Crippen molar-refractivity contribution in [2.75, 3.05) is 20.8 Å². The Morgan fingerprint density at radius 2 is 1.83 bits per heavy atom. The minimum absolute atomic E-state index is 0.00232. The topological polar surface area (TPSA) is 119 Å². The Bertz CT molecular complexity index is 1340. The second-order valence-electron chi connectivity index (χ2n) is 7.75. The number of carboxylic acids is 1. The number of ether oxygens (including phenoxy) is 2. The van der Waals surface area contributed by atoms with Crippen LogP contribution >= 0.6 is 11.6 Å². The van der Waals surface area contributed by atoms with Crippen molar-refractivity contribution in [3.8, 4) is 22.9 Å². The first-order valence-electron chi connectivity index (χ1n) is 10.6. The first kappa shape index (κ1) is 25.7. The third-order valence-corrected chi connectivity index (χ3v) is 5.77. The van der Waals surface area contributed by atoms with Crippen molar-refractivity contribution >= 4 is 23.4 Å². The molecule has 0 radical (unpaired) electrons. The second kappa shape index (κ2) is 11.5. The molecule has 180 valence electrons. The predicted molar refractivity (Wildman–Crippen MR) is 130 cm³/mol. The van der Waals surface area contributed by atoms with Crippen molar-refractivity contribution in [1.82, 2.24) is 4.57 Å². The van der Waals surface area contributed by atoms with Crippen LogP contribution in [-0.2, 0) is 16.0 Å². The highest BCUT2D eigenvalue weighted by Crippen LogP contribution is 2.33. The Morgan fingerprint density at radius 1 is 1.11 bits per heavy atom. The number of benzene rings is 2. The summed E-state index contributed by atoms with van der Waals surface area (Å²) in [5.74, 6) is -1.01. The zero-order valence-corrected chi connectivity index (χ0v) is 19.9. The minimum Gasteiger partial charge on any atom is -0.495 e. The summed E-state index contributed by atoms with van der Waals surface area (Å²) in [7, 11) is 2.93. The number of rotatable bonds is 10. The van der Waals surface area contributed by atoms with E-state index in [2.05, 4.69) is 6.07 Å². The molecule has 1 unspecified atom stereocenters. The molecule has 0 spiro atoms. The first-order valence-corrected chi connectivity index (χ1v) is 11.0. The van der Waals surface area contributed by atoms with Gasteiger partial charge in [-0.3, -0.25) is 9.59 Å². The van der Waals surface area contributed by atoms with E-state index in [0.29, 0.717) is 33.0 Å². The molecule has 1 heterocycles. The van der Waals surface area contributed by atoms with E-state index in [4.69, 9.17) is 26.2 Å². The summed E-state index contributed by atoms with van der Waals surface area (Å²) < 4.78 is 12.0. The van der Waals surface area contributed by atoms with Crippen molar-refractivity contribution in [2.45, 2.75) is 18.9 Å². The number of methoxy groups -OCH3 is 2. The molecule has 1 N–H and O–H groups in total. The van der Waals surface area contributed by atoms with Gasteiger partial charge in [0.2, 0.25) is 0 Å². The second-order valence-corrected chi connectivity index (χ2v) is 8.18. The van der Waals surface area contributed by atoms with E-state index >= 15 is 0 Å². The van der Waals surface area contributed by atoms with Crippen LogP contribution in [0.15, 0.2) is 59.5 Å². The van der Waals surface area contributed by atoms with Gasteiger partial charge >= 0.3 is 5.97 Å². The third-order valence-electron chi connectivity index (χ3n) is 5.54. The van der Waals surface area contributed by atoms with Crippen LogP contribution in [0.3, 0.4) is 0 Å². The standard InChI is InChI=1S/C26H23ClN2O6/c1-34-10-9-22(23(30)11-16-3-5-17(6-4-16)26(32)33)29-15-24(35-2)21(13-25(29)31)20-12-19(27)8-7-18(20)14-28/h3-8,12-13,15,22H,9-11H2,1-2H3,(H,32,33). The van der Waals surface area contributed by atoms with Gasteiger partial charge in [-0.25, -0.2) is 4.79 Å². The smallest absolute Gasteiger partial charge is 0.335 e. The zero-order valence-electron chi connectivity index (χ0n) is 19.2. The molecule has 0 bridgehead atoms. The number of halogens is 1. The Labute approximate surface area is 206 Å². The molecule has 0 aliphatic carbocycles. The molecule has 3 rings (SSSR count). The van der Waals surface area contributed by atoms with Crippen molar-refractivity contribution < 1.29 is 24.2 Å². The predicted octanol–water partition coefficient (Wildman–Crippen LogP) is 4.14. The van der Waals surface area contributed by atoms with Crippen molar-refractivity contribution in [3.63, 3.8) is 0 Å². The molecule has 2 aromatic carbocycles. The van der Waals surface area contributed by atoms with Crippen LogP contribution in [0.2, 0.25) is 5.02 Å². The fourth-order valence-corrected chi connectivity index (χ4v) is 3.92. The van der Waals surface area contributed by atoms with Crippen molar-refractivity contribution in [3.05, 3.63) is 86.8 Å². The minimum atomic E-state index is -1.06. The monoisotopic (exact) mass is 494 g/mol. The van der Waals surface area contributed by atoms with E-state index < -0.39 is 17.6 Å². The highest BCUT2D eigenvalue weighted by Gasteiger charge is 2.24. The first-order chi connectivity index (χ1) is 16.8. The van der Waals surface area contributed by atoms with Crippen LogP contribution in [0.25, 0.3) is 11.1 Å². The lowest BCUT2D eigenvalue weighted by Crippen LogP contribution is -2.31. The van der Waals surface area contributed by atoms with E-state index in [9.17, 15) is 19.6 Å². The van der Waals surface area contributed by atoms with Gasteiger partial charge in [0, 0.05) is 42.4 Å². The molecule has 0 amide bonds. The summed E-state index contributed by atoms with van der Waals surface area (Å²) in [5, 5.41) is 19.0. The van der Waals surface area contributed by atoms with Crippen LogP contribution in [-0.4, -0.2) is 42.3 Å². The maximum atomic E-state index is 13.3. The van der Waals surface area contributed by atoms with E-state index in [-0.39, 0.29) is 30.8 Å². The molecule has 35 heavy (non-hydrogen) atoms. The summed E-state index contributed by atoms with van der Waals surface area (Å²) in [5.41, 5.74) is 1.43. The number of hydrogen-bond donors (Lipinski definition) is 1. The van der Waals surface area contributed by atoms with Crippen LogP contribution in [0.1, 0.15) is 33.9 Å². The van der Waals surface area contributed by atoms with Gasteiger partial charge in [-0.15, -0.1) is 0 Å². The van der Waals surface area contributed by atoms with Crippen LogP contribution < -0.4 is 10.3 Å². The summed E-state index contributed by atoms with van der Waals surface area (Å²) in [4.78, 5) is 37.5. The molecule has 0 saturated heterocycles. The van der Waals surface area contributed by atoms with E-state index in [1.165, 1.54) is 43.2 Å². The van der Waals surface area contributed by atoms with E-state index in [1.807, 2.05) is 0 Å². The summed E-state index contributed by atoms with van der Waals surface area (Å²) >= 11 is 6.12. The van der Waals surface area contributed by atoms with Gasteiger partial charge in [0.15, 0.2) is 5.78 Å². The molecule has 0 saturated carbocycles. The SMILES string of the molecule is COCCC(C(=O)Cc1ccc(C(=O)O)cc1)n1cc(OC)c(-c2cc(Cl)ccc2C#N)cc1=O. The Morgan fingerprint density at radius 3 is 2.43 bits per heavy atom. The number of carbonyl (C=O) groups excluding carboxylic acids is 1. The van der Waals surface area contributed by atoms with Gasteiger partial charge in [0.05, 0.1) is 36.5 Å². The van der Waals surface area contributed by atoms with Gasteiger partial charge < -0.3 is 19.1 Å². The number of ketones is 1. The molecule has 9 heteroatoms. The Balaban J connectivity index is 2.02. The molecule has 0 fully saturated rings. The Kier molecular flexibility index (Phi) is 8.42. The molecule has 0 aliphatic rings. The lowest BCUT2D eigenvalue weighted by Gasteiger charge is -2.21. The number of pyridine rings is 1. The molecule has 0 aliphatic heterocycles. The molecule has 8 nitrogen and oxygen atoms in total. The lowest BCUT2D eigenvalue weighted by atomic mass is 9.98. The third kappa shape index (κ3) is 5.96. The number of carboxylic acid groups (broad SMARTS) is 1. The molecule has 1 atom stereocenters. The summed E-state index contributed by atoms with van der Waals surface area (Å²) in [6.07, 6.45) is 1.69. The maximum absolute atomic E-state index is 13.3. The van der Waals surface area contributed by atoms with Crippen LogP contribution in [0.4, 0.5) is 0 Å². The molecular formula is C26H23ClN2O6.